The molecule has 2 heterocycles. The van der Waals surface area contributed by atoms with Gasteiger partial charge in [-0.3, -0.25) is 0 Å². The highest BCUT2D eigenvalue weighted by atomic mass is 16.5. The number of benzene rings is 2. The van der Waals surface area contributed by atoms with Crippen molar-refractivity contribution in [1.29, 1.82) is 0 Å². The van der Waals surface area contributed by atoms with Crippen LogP contribution in [0.15, 0.2) is 61.1 Å². The molecular weight excluding hydrogens is 408 g/mol. The Hall–Kier alpha value is -4.07. The van der Waals surface area contributed by atoms with Crippen LogP contribution in [-0.4, -0.2) is 45.8 Å². The maximum atomic E-state index is 10.8. The Morgan fingerprint density at radius 2 is 1.97 bits per heavy atom. The van der Waals surface area contributed by atoms with Crippen LogP contribution in [0.3, 0.4) is 0 Å². The predicted octanol–water partition coefficient (Wildman–Crippen LogP) is 4.14. The van der Waals surface area contributed by atoms with Gasteiger partial charge in [-0.15, -0.1) is 0 Å². The summed E-state index contributed by atoms with van der Waals surface area (Å²) in [6, 6.07) is 15.6. The zero-order valence-corrected chi connectivity index (χ0v) is 17.7. The van der Waals surface area contributed by atoms with E-state index in [1.807, 2.05) is 25.3 Å². The minimum atomic E-state index is -1.05. The number of hydrogen-bond acceptors (Lipinski definition) is 6. The fourth-order valence-electron chi connectivity index (χ4n) is 3.40. The average molecular weight is 432 g/mol. The Balaban J connectivity index is 1.44. The third kappa shape index (κ3) is 5.15. The summed E-state index contributed by atoms with van der Waals surface area (Å²) in [5.41, 5.74) is 3.92. The summed E-state index contributed by atoms with van der Waals surface area (Å²) < 4.78 is 10.9. The standard InChI is InChI=1S/C24H24N4O4/c1-2-31-22-12-17(4-6-21(22)32-14-24(29)30)20-13-23(28-15-27-20)26-9-7-16-3-5-19-18(11-16)8-10-25-19/h3-6,8,10-13,15,25H,2,7,9,14H2,1H3,(H,29,30)(H,26,27,28). The number of carboxylic acid groups (broad SMARTS) is 1. The molecule has 0 saturated heterocycles. The second-order valence-corrected chi connectivity index (χ2v) is 7.14. The average Bonchev–Trinajstić information content (AvgIpc) is 3.26. The van der Waals surface area contributed by atoms with Crippen LogP contribution in [0.1, 0.15) is 12.5 Å². The molecule has 2 aromatic carbocycles. The summed E-state index contributed by atoms with van der Waals surface area (Å²) in [6.45, 7) is 2.59. The van der Waals surface area contributed by atoms with E-state index in [-0.39, 0.29) is 0 Å². The van der Waals surface area contributed by atoms with Crippen molar-refractivity contribution in [3.05, 3.63) is 66.6 Å². The number of H-pyrrole nitrogens is 1. The van der Waals surface area contributed by atoms with Crippen molar-refractivity contribution < 1.29 is 19.4 Å². The molecule has 0 bridgehead atoms. The molecule has 4 aromatic rings. The number of carbonyl (C=O) groups is 1. The highest BCUT2D eigenvalue weighted by Crippen LogP contribution is 2.32. The van der Waals surface area contributed by atoms with Crippen LogP contribution in [-0.2, 0) is 11.2 Å². The number of hydrogen-bond donors (Lipinski definition) is 3. The number of carboxylic acids is 1. The number of nitrogens with zero attached hydrogens (tertiary/aromatic N) is 2. The SMILES string of the molecule is CCOc1cc(-c2cc(NCCc3ccc4[nH]ccc4c3)ncn2)ccc1OCC(=O)O. The Bertz CT molecular complexity index is 1220. The van der Waals surface area contributed by atoms with Gasteiger partial charge in [0, 0.05) is 29.9 Å². The summed E-state index contributed by atoms with van der Waals surface area (Å²) in [6.07, 6.45) is 4.32. The van der Waals surface area contributed by atoms with E-state index in [9.17, 15) is 4.79 Å². The Morgan fingerprint density at radius 1 is 1.06 bits per heavy atom. The monoisotopic (exact) mass is 432 g/mol. The van der Waals surface area contributed by atoms with Gasteiger partial charge in [-0.05, 0) is 60.7 Å². The van der Waals surface area contributed by atoms with E-state index in [4.69, 9.17) is 14.6 Å². The maximum absolute atomic E-state index is 10.8. The first-order valence-electron chi connectivity index (χ1n) is 10.4. The van der Waals surface area contributed by atoms with Gasteiger partial charge in [0.15, 0.2) is 18.1 Å². The number of aromatic amines is 1. The molecule has 0 amide bonds. The van der Waals surface area contributed by atoms with Crippen LogP contribution in [0.5, 0.6) is 11.5 Å². The molecule has 3 N–H and O–H groups in total. The maximum Gasteiger partial charge on any atom is 0.341 e. The van der Waals surface area contributed by atoms with Crippen molar-refractivity contribution >= 4 is 22.7 Å². The van der Waals surface area contributed by atoms with Gasteiger partial charge in [-0.1, -0.05) is 6.07 Å². The van der Waals surface area contributed by atoms with Gasteiger partial charge in [-0.2, -0.15) is 0 Å². The zero-order valence-electron chi connectivity index (χ0n) is 17.7. The van der Waals surface area contributed by atoms with Crippen LogP contribution in [0.2, 0.25) is 0 Å². The largest absolute Gasteiger partial charge is 0.490 e. The van der Waals surface area contributed by atoms with E-state index in [2.05, 4.69) is 44.5 Å². The molecule has 8 nitrogen and oxygen atoms in total. The Kier molecular flexibility index (Phi) is 6.50. The predicted molar refractivity (Wildman–Crippen MR) is 122 cm³/mol. The van der Waals surface area contributed by atoms with E-state index < -0.39 is 12.6 Å². The number of ether oxygens (including phenoxy) is 2. The molecule has 2 aromatic heterocycles. The molecule has 0 aliphatic carbocycles. The Labute approximate surface area is 185 Å². The normalized spacial score (nSPS) is 10.8. The molecule has 0 aliphatic heterocycles. The topological polar surface area (TPSA) is 109 Å². The van der Waals surface area contributed by atoms with Crippen LogP contribution >= 0.6 is 0 Å². The number of aliphatic carboxylic acids is 1. The highest BCUT2D eigenvalue weighted by Gasteiger charge is 2.11. The first-order chi connectivity index (χ1) is 15.6. The van der Waals surface area contributed by atoms with Crippen LogP contribution in [0, 0.1) is 0 Å². The summed E-state index contributed by atoms with van der Waals surface area (Å²) >= 11 is 0. The molecule has 0 aliphatic rings. The van der Waals surface area contributed by atoms with Crippen molar-refractivity contribution in [2.24, 2.45) is 0 Å². The molecule has 164 valence electrons. The highest BCUT2D eigenvalue weighted by molar-refractivity contribution is 5.80. The van der Waals surface area contributed by atoms with Gasteiger partial charge in [0.05, 0.1) is 12.3 Å². The van der Waals surface area contributed by atoms with Gasteiger partial charge >= 0.3 is 5.97 Å². The number of fused-ring (bicyclic) bond motifs is 1. The van der Waals surface area contributed by atoms with Crippen molar-refractivity contribution in [3.63, 3.8) is 0 Å². The van der Waals surface area contributed by atoms with Gasteiger partial charge in [0.1, 0.15) is 12.1 Å². The number of rotatable bonds is 10. The van der Waals surface area contributed by atoms with Crippen LogP contribution < -0.4 is 14.8 Å². The molecular formula is C24H24N4O4. The van der Waals surface area contributed by atoms with E-state index in [0.29, 0.717) is 18.1 Å². The third-order valence-electron chi connectivity index (χ3n) is 4.90. The molecule has 0 fully saturated rings. The lowest BCUT2D eigenvalue weighted by atomic mass is 10.1. The fraction of sp³-hybridized carbons (Fsp3) is 0.208. The molecule has 8 heteroatoms. The first kappa shape index (κ1) is 21.2. The number of nitrogens with one attached hydrogen (secondary N) is 2. The second kappa shape index (κ2) is 9.82. The third-order valence-corrected chi connectivity index (χ3v) is 4.90. The summed E-state index contributed by atoms with van der Waals surface area (Å²) in [5, 5.41) is 13.4. The van der Waals surface area contributed by atoms with Crippen molar-refractivity contribution in [3.8, 4) is 22.8 Å². The zero-order chi connectivity index (χ0) is 22.3. The van der Waals surface area contributed by atoms with E-state index in [1.165, 1.54) is 17.3 Å². The molecule has 4 rings (SSSR count). The summed E-state index contributed by atoms with van der Waals surface area (Å²) in [4.78, 5) is 22.7. The molecule has 0 atom stereocenters. The molecule has 0 spiro atoms. The number of anilines is 1. The van der Waals surface area contributed by atoms with Crippen molar-refractivity contribution in [1.82, 2.24) is 15.0 Å². The second-order valence-electron chi connectivity index (χ2n) is 7.14. The summed E-state index contributed by atoms with van der Waals surface area (Å²) in [7, 11) is 0. The van der Waals surface area contributed by atoms with Gasteiger partial charge in [-0.25, -0.2) is 14.8 Å². The molecule has 0 saturated carbocycles. The molecule has 0 unspecified atom stereocenters. The smallest absolute Gasteiger partial charge is 0.341 e. The van der Waals surface area contributed by atoms with Gasteiger partial charge in [0.2, 0.25) is 0 Å². The van der Waals surface area contributed by atoms with Crippen LogP contribution in [0.4, 0.5) is 5.82 Å². The quantitative estimate of drug-likeness (QED) is 0.345. The lowest BCUT2D eigenvalue weighted by Crippen LogP contribution is -2.10. The van der Waals surface area contributed by atoms with E-state index >= 15 is 0 Å². The van der Waals surface area contributed by atoms with Gasteiger partial charge < -0.3 is 24.9 Å². The van der Waals surface area contributed by atoms with Crippen molar-refractivity contribution in [2.45, 2.75) is 13.3 Å². The minimum Gasteiger partial charge on any atom is -0.490 e. The van der Waals surface area contributed by atoms with Gasteiger partial charge in [0.25, 0.3) is 0 Å². The molecule has 0 radical (unpaired) electrons. The minimum absolute atomic E-state index is 0.379. The Morgan fingerprint density at radius 3 is 2.81 bits per heavy atom. The molecule has 32 heavy (non-hydrogen) atoms. The van der Waals surface area contributed by atoms with E-state index in [0.717, 1.165) is 35.6 Å². The fourth-order valence-corrected chi connectivity index (χ4v) is 3.40. The van der Waals surface area contributed by atoms with Crippen molar-refractivity contribution in [2.75, 3.05) is 25.1 Å². The first-order valence-corrected chi connectivity index (χ1v) is 10.4. The van der Waals surface area contributed by atoms with Crippen LogP contribution in [0.25, 0.3) is 22.2 Å². The lowest BCUT2D eigenvalue weighted by molar-refractivity contribution is -0.139. The summed E-state index contributed by atoms with van der Waals surface area (Å²) in [5.74, 6) is 0.530. The number of aromatic nitrogens is 3. The van der Waals surface area contributed by atoms with E-state index in [1.54, 1.807) is 12.1 Å². The lowest BCUT2D eigenvalue weighted by Gasteiger charge is -2.13.